The number of rotatable bonds is 15. The van der Waals surface area contributed by atoms with E-state index in [0.29, 0.717) is 24.9 Å². The first kappa shape index (κ1) is 28.1. The third kappa shape index (κ3) is 9.96. The number of likely N-dealkylation sites (tertiary alicyclic amines) is 1. The van der Waals surface area contributed by atoms with Gasteiger partial charge in [-0.2, -0.15) is 0 Å². The van der Waals surface area contributed by atoms with Crippen LogP contribution in [0.3, 0.4) is 0 Å². The van der Waals surface area contributed by atoms with Gasteiger partial charge >= 0.3 is 5.97 Å². The van der Waals surface area contributed by atoms with Gasteiger partial charge in [-0.05, 0) is 37.0 Å². The van der Waals surface area contributed by atoms with Crippen molar-refractivity contribution in [2.45, 2.75) is 89.6 Å². The second-order valence-electron chi connectivity index (χ2n) is 9.16. The molecule has 2 rings (SSSR count). The second kappa shape index (κ2) is 15.0. The minimum absolute atomic E-state index is 0.0273. The monoisotopic (exact) mass is 489 g/mol. The number of carboxylic acids is 1. The number of phenolic OH excluding ortho intramolecular Hbond substituents is 1. The zero-order valence-corrected chi connectivity index (χ0v) is 20.6. The molecule has 4 N–H and O–H groups in total. The lowest BCUT2D eigenvalue weighted by Crippen LogP contribution is -2.50. The number of amides is 3. The molecule has 1 aliphatic heterocycles. The molecule has 1 aromatic rings. The van der Waals surface area contributed by atoms with E-state index < -0.39 is 29.9 Å². The van der Waals surface area contributed by atoms with E-state index in [1.807, 2.05) is 0 Å². The minimum Gasteiger partial charge on any atom is -0.508 e. The van der Waals surface area contributed by atoms with Gasteiger partial charge in [-0.15, -0.1) is 0 Å². The maximum atomic E-state index is 12.7. The number of phenols is 1. The van der Waals surface area contributed by atoms with Crippen LogP contribution in [0, 0.1) is 0 Å². The Morgan fingerprint density at radius 1 is 1.03 bits per heavy atom. The molecule has 3 amide bonds. The highest BCUT2D eigenvalue weighted by molar-refractivity contribution is 5.92. The van der Waals surface area contributed by atoms with Crippen LogP contribution in [-0.2, 0) is 25.6 Å². The van der Waals surface area contributed by atoms with E-state index in [1.54, 1.807) is 17.0 Å². The lowest BCUT2D eigenvalue weighted by molar-refractivity contribution is -0.142. The van der Waals surface area contributed by atoms with Crippen LogP contribution in [0.25, 0.3) is 0 Å². The van der Waals surface area contributed by atoms with Crippen LogP contribution in [0.4, 0.5) is 0 Å². The van der Waals surface area contributed by atoms with Crippen LogP contribution in [0.15, 0.2) is 24.3 Å². The molecule has 0 bridgehead atoms. The number of unbranched alkanes of at least 4 members (excludes halogenated alkanes) is 6. The molecular weight excluding hydrogens is 450 g/mol. The number of aliphatic carboxylic acids is 1. The third-order valence-electron chi connectivity index (χ3n) is 6.30. The quantitative estimate of drug-likeness (QED) is 0.280. The van der Waals surface area contributed by atoms with Gasteiger partial charge in [0.05, 0.1) is 6.54 Å². The number of carbonyl (C=O) groups excluding carboxylic acids is 3. The molecule has 0 saturated carbocycles. The molecule has 9 heteroatoms. The maximum absolute atomic E-state index is 12.7. The molecule has 1 aliphatic rings. The average Bonchev–Trinajstić information content (AvgIpc) is 3.33. The Kier molecular flexibility index (Phi) is 12.1. The molecule has 1 fully saturated rings. The molecule has 194 valence electrons. The fraction of sp³-hybridized carbons (Fsp3) is 0.615. The minimum atomic E-state index is -1.20. The molecule has 0 aromatic heterocycles. The summed E-state index contributed by atoms with van der Waals surface area (Å²) in [5, 5.41) is 23.7. The summed E-state index contributed by atoms with van der Waals surface area (Å²) in [6.45, 7) is 2.35. The number of nitrogens with one attached hydrogen (secondary N) is 2. The molecule has 0 aliphatic carbocycles. The molecule has 2 atom stereocenters. The highest BCUT2D eigenvalue weighted by Crippen LogP contribution is 2.20. The van der Waals surface area contributed by atoms with Crippen molar-refractivity contribution in [3.05, 3.63) is 29.8 Å². The van der Waals surface area contributed by atoms with E-state index in [2.05, 4.69) is 17.6 Å². The number of carboxylic acid groups (broad SMARTS) is 1. The largest absolute Gasteiger partial charge is 0.508 e. The number of hydrogen-bond acceptors (Lipinski definition) is 5. The fourth-order valence-corrected chi connectivity index (χ4v) is 4.31. The highest BCUT2D eigenvalue weighted by atomic mass is 16.4. The number of aromatic hydroxyl groups is 1. The van der Waals surface area contributed by atoms with Crippen LogP contribution >= 0.6 is 0 Å². The summed E-state index contributed by atoms with van der Waals surface area (Å²) < 4.78 is 0. The molecule has 9 nitrogen and oxygen atoms in total. The van der Waals surface area contributed by atoms with Crippen molar-refractivity contribution >= 4 is 23.7 Å². The lowest BCUT2D eigenvalue weighted by atomic mass is 10.1. The standard InChI is InChI=1S/C26H39N3O6/c1-2-3-4-5-6-7-8-11-24(32)29-16-9-10-22(29)25(33)27-18-23(31)28-21(26(34)35)17-19-12-14-20(30)15-13-19/h12-15,21-22,30H,2-11,16-18H2,1H3,(H,27,33)(H,28,31)(H,34,35)/t21?,22-/m0/s1. The Morgan fingerprint density at radius 3 is 2.34 bits per heavy atom. The van der Waals surface area contributed by atoms with Crippen LogP contribution < -0.4 is 10.6 Å². The predicted octanol–water partition coefficient (Wildman–Crippen LogP) is 2.75. The normalized spacial score (nSPS) is 16.0. The van der Waals surface area contributed by atoms with Crippen molar-refractivity contribution in [2.24, 2.45) is 0 Å². The van der Waals surface area contributed by atoms with Gasteiger partial charge in [0, 0.05) is 19.4 Å². The van der Waals surface area contributed by atoms with Crippen LogP contribution in [-0.4, -0.2) is 64.0 Å². The average molecular weight is 490 g/mol. The van der Waals surface area contributed by atoms with E-state index in [4.69, 9.17) is 0 Å². The smallest absolute Gasteiger partial charge is 0.326 e. The van der Waals surface area contributed by atoms with Crippen molar-refractivity contribution in [3.63, 3.8) is 0 Å². The van der Waals surface area contributed by atoms with Gasteiger partial charge in [-0.1, -0.05) is 57.6 Å². The molecular formula is C26H39N3O6. The topological polar surface area (TPSA) is 136 Å². The zero-order chi connectivity index (χ0) is 25.6. The summed E-state index contributed by atoms with van der Waals surface area (Å²) in [4.78, 5) is 50.7. The Labute approximate surface area is 207 Å². The number of hydrogen-bond donors (Lipinski definition) is 4. The van der Waals surface area contributed by atoms with Gasteiger partial charge in [0.2, 0.25) is 17.7 Å². The zero-order valence-electron chi connectivity index (χ0n) is 20.6. The first-order valence-corrected chi connectivity index (χ1v) is 12.7. The summed E-state index contributed by atoms with van der Waals surface area (Å²) in [7, 11) is 0. The molecule has 35 heavy (non-hydrogen) atoms. The molecule has 1 aromatic carbocycles. The summed E-state index contributed by atoms with van der Waals surface area (Å²) in [5.41, 5.74) is 0.639. The number of benzene rings is 1. The van der Waals surface area contributed by atoms with Crippen LogP contribution in [0.2, 0.25) is 0 Å². The summed E-state index contributed by atoms with van der Waals surface area (Å²) in [6, 6.07) is 4.29. The first-order chi connectivity index (χ1) is 16.8. The fourth-order valence-electron chi connectivity index (χ4n) is 4.31. The van der Waals surface area contributed by atoms with Gasteiger partial charge in [-0.25, -0.2) is 4.79 Å². The van der Waals surface area contributed by atoms with E-state index in [0.717, 1.165) is 25.7 Å². The third-order valence-corrected chi connectivity index (χ3v) is 6.30. The van der Waals surface area contributed by atoms with Gasteiger partial charge in [0.25, 0.3) is 0 Å². The van der Waals surface area contributed by atoms with Crippen molar-refractivity contribution < 1.29 is 29.4 Å². The maximum Gasteiger partial charge on any atom is 0.326 e. The lowest BCUT2D eigenvalue weighted by Gasteiger charge is -2.24. The molecule has 0 radical (unpaired) electrons. The highest BCUT2D eigenvalue weighted by Gasteiger charge is 2.33. The van der Waals surface area contributed by atoms with E-state index in [-0.39, 0.29) is 24.6 Å². The Balaban J connectivity index is 1.75. The van der Waals surface area contributed by atoms with Gasteiger partial charge < -0.3 is 25.7 Å². The van der Waals surface area contributed by atoms with Crippen molar-refractivity contribution in [2.75, 3.05) is 13.1 Å². The predicted molar refractivity (Wildman–Crippen MR) is 132 cm³/mol. The van der Waals surface area contributed by atoms with E-state index >= 15 is 0 Å². The summed E-state index contributed by atoms with van der Waals surface area (Å²) >= 11 is 0. The number of nitrogens with zero attached hydrogens (tertiary/aromatic N) is 1. The SMILES string of the molecule is CCCCCCCCCC(=O)N1CCC[C@H]1C(=O)NCC(=O)NC(Cc1ccc(O)cc1)C(=O)O. The van der Waals surface area contributed by atoms with Crippen molar-refractivity contribution in [1.29, 1.82) is 0 Å². The van der Waals surface area contributed by atoms with Gasteiger partial charge in [-0.3, -0.25) is 14.4 Å². The van der Waals surface area contributed by atoms with Gasteiger partial charge in [0.15, 0.2) is 0 Å². The second-order valence-corrected chi connectivity index (χ2v) is 9.16. The van der Waals surface area contributed by atoms with Crippen LogP contribution in [0.5, 0.6) is 5.75 Å². The van der Waals surface area contributed by atoms with Crippen molar-refractivity contribution in [3.8, 4) is 5.75 Å². The van der Waals surface area contributed by atoms with Gasteiger partial charge in [0.1, 0.15) is 17.8 Å². The summed E-state index contributed by atoms with van der Waals surface area (Å²) in [6.07, 6.45) is 9.58. The Morgan fingerprint density at radius 2 is 1.69 bits per heavy atom. The summed E-state index contributed by atoms with van der Waals surface area (Å²) in [5.74, 6) is -2.18. The van der Waals surface area contributed by atoms with E-state index in [9.17, 15) is 29.4 Å². The Bertz CT molecular complexity index is 842. The van der Waals surface area contributed by atoms with E-state index in [1.165, 1.54) is 37.8 Å². The first-order valence-electron chi connectivity index (χ1n) is 12.7. The molecule has 1 saturated heterocycles. The Hall–Kier alpha value is -3.10. The van der Waals surface area contributed by atoms with Crippen LogP contribution in [0.1, 0.15) is 76.7 Å². The molecule has 0 spiro atoms. The molecule has 1 unspecified atom stereocenters. The molecule has 1 heterocycles. The number of carbonyl (C=O) groups is 4. The van der Waals surface area contributed by atoms with Crippen molar-refractivity contribution in [1.82, 2.24) is 15.5 Å².